The van der Waals surface area contributed by atoms with Gasteiger partial charge in [0.2, 0.25) is 0 Å². The zero-order chi connectivity index (χ0) is 36.7. The Morgan fingerprint density at radius 3 is 1.52 bits per heavy atom. The summed E-state index contributed by atoms with van der Waals surface area (Å²) in [7, 11) is 0. The van der Waals surface area contributed by atoms with Crippen molar-refractivity contribution in [3.63, 3.8) is 0 Å². The topological polar surface area (TPSA) is 43.6 Å². The number of rotatable bonds is 4. The summed E-state index contributed by atoms with van der Waals surface area (Å²) in [6.45, 7) is 0. The number of hydrogen-bond donors (Lipinski definition) is 0. The van der Waals surface area contributed by atoms with Gasteiger partial charge in [-0.25, -0.2) is 15.0 Å². The molecule has 9 aromatic carbocycles. The predicted octanol–water partition coefficient (Wildman–Crippen LogP) is 13.8. The fraction of sp³-hybridized carbons (Fsp3) is 0. The fourth-order valence-electron chi connectivity index (χ4n) is 8.67. The number of thiophene rings is 1. The minimum Gasteiger partial charge on any atom is -0.309 e. The second-order valence-electron chi connectivity index (χ2n) is 14.4. The van der Waals surface area contributed by atoms with Gasteiger partial charge in [0.15, 0.2) is 17.5 Å². The maximum absolute atomic E-state index is 5.26. The van der Waals surface area contributed by atoms with Crippen LogP contribution in [-0.4, -0.2) is 19.5 Å². The summed E-state index contributed by atoms with van der Waals surface area (Å²) in [5.41, 5.74) is 6.34. The van der Waals surface area contributed by atoms with Gasteiger partial charge in [0, 0.05) is 53.3 Å². The summed E-state index contributed by atoms with van der Waals surface area (Å²) in [5, 5.41) is 12.4. The van der Waals surface area contributed by atoms with Gasteiger partial charge in [0.05, 0.1) is 11.0 Å². The van der Waals surface area contributed by atoms with E-state index in [4.69, 9.17) is 15.0 Å². The van der Waals surface area contributed by atoms with E-state index in [1.165, 1.54) is 68.9 Å². The molecule has 0 aliphatic carbocycles. The molecule has 56 heavy (non-hydrogen) atoms. The van der Waals surface area contributed by atoms with Gasteiger partial charge in [-0.3, -0.25) is 0 Å². The van der Waals surface area contributed by atoms with Crippen molar-refractivity contribution in [2.24, 2.45) is 0 Å². The molecule has 0 unspecified atom stereocenters. The Balaban J connectivity index is 1.07. The highest BCUT2D eigenvalue weighted by Gasteiger charge is 2.20. The van der Waals surface area contributed by atoms with Gasteiger partial charge >= 0.3 is 0 Å². The third kappa shape index (κ3) is 4.68. The third-order valence-corrected chi connectivity index (χ3v) is 12.4. The maximum Gasteiger partial charge on any atom is 0.165 e. The van der Waals surface area contributed by atoms with Crippen LogP contribution in [0.1, 0.15) is 0 Å². The van der Waals surface area contributed by atoms with Gasteiger partial charge < -0.3 is 4.57 Å². The first-order valence-corrected chi connectivity index (χ1v) is 19.7. The van der Waals surface area contributed by atoms with Crippen molar-refractivity contribution in [2.45, 2.75) is 0 Å². The molecule has 0 radical (unpaired) electrons. The van der Waals surface area contributed by atoms with Crippen molar-refractivity contribution in [1.29, 1.82) is 0 Å². The van der Waals surface area contributed by atoms with Crippen molar-refractivity contribution < 1.29 is 0 Å². The highest BCUT2D eigenvalue weighted by atomic mass is 32.1. The molecule has 0 saturated heterocycles. The molecule has 0 amide bonds. The first-order valence-electron chi connectivity index (χ1n) is 18.9. The monoisotopic (exact) mass is 730 g/mol. The fourth-order valence-corrected chi connectivity index (χ4v) is 9.90. The second kappa shape index (κ2) is 12.2. The summed E-state index contributed by atoms with van der Waals surface area (Å²) in [5.74, 6) is 1.96. The van der Waals surface area contributed by atoms with Crippen molar-refractivity contribution in [3.05, 3.63) is 182 Å². The lowest BCUT2D eigenvalue weighted by Gasteiger charge is -2.12. The molecule has 0 bridgehead atoms. The quantitative estimate of drug-likeness (QED) is 0.181. The molecule has 3 heterocycles. The van der Waals surface area contributed by atoms with Crippen LogP contribution in [0.4, 0.5) is 0 Å². The first kappa shape index (κ1) is 31.2. The van der Waals surface area contributed by atoms with Gasteiger partial charge in [-0.2, -0.15) is 0 Å². The summed E-state index contributed by atoms with van der Waals surface area (Å²) < 4.78 is 4.83. The molecule has 0 N–H and O–H groups in total. The number of aromatic nitrogens is 4. The molecular formula is C51H30N4S. The molecule has 5 heteroatoms. The van der Waals surface area contributed by atoms with Gasteiger partial charge in [0.25, 0.3) is 0 Å². The van der Waals surface area contributed by atoms with Crippen molar-refractivity contribution in [3.8, 4) is 39.9 Å². The number of nitrogens with zero attached hydrogens (tertiary/aromatic N) is 4. The normalized spacial score (nSPS) is 11.9. The average Bonchev–Trinajstić information content (AvgIpc) is 3.84. The molecule has 260 valence electrons. The smallest absolute Gasteiger partial charge is 0.165 e. The second-order valence-corrected chi connectivity index (χ2v) is 15.4. The molecule has 0 aliphatic rings. The Kier molecular flexibility index (Phi) is 6.76. The molecular weight excluding hydrogens is 701 g/mol. The molecule has 0 fully saturated rings. The Morgan fingerprint density at radius 1 is 0.375 bits per heavy atom. The van der Waals surface area contributed by atoms with Crippen LogP contribution in [0.25, 0.3) is 114 Å². The standard InChI is InChI=1S/C51H30N4S/c1-2-14-33(15-3-1)49-52-50(54-51(53-49)41-30-35-16-6-9-19-39(35)45-40-20-10-11-21-44(40)56-48(41)45)34-22-26-36(27-23-34)55-42-28-24-31-12-4-7-17-37(31)46(42)47-38-18-8-5-13-32(38)25-29-43(47)55/h1-30H. The zero-order valence-corrected chi connectivity index (χ0v) is 30.8. The summed E-state index contributed by atoms with van der Waals surface area (Å²) in [6.07, 6.45) is 0. The molecule has 3 aromatic heterocycles. The van der Waals surface area contributed by atoms with E-state index in [-0.39, 0.29) is 0 Å². The van der Waals surface area contributed by atoms with Crippen molar-refractivity contribution in [1.82, 2.24) is 19.5 Å². The molecule has 12 rings (SSSR count). The Bertz CT molecular complexity index is 3430. The first-order chi connectivity index (χ1) is 27.8. The summed E-state index contributed by atoms with van der Waals surface area (Å²) >= 11 is 1.80. The van der Waals surface area contributed by atoms with Crippen LogP contribution in [-0.2, 0) is 0 Å². The van der Waals surface area contributed by atoms with E-state index in [1.54, 1.807) is 11.3 Å². The lowest BCUT2D eigenvalue weighted by Crippen LogP contribution is -2.01. The van der Waals surface area contributed by atoms with E-state index >= 15 is 0 Å². The largest absolute Gasteiger partial charge is 0.309 e. The third-order valence-electron chi connectivity index (χ3n) is 11.2. The van der Waals surface area contributed by atoms with Crippen LogP contribution in [0.15, 0.2) is 182 Å². The Morgan fingerprint density at radius 2 is 0.875 bits per heavy atom. The summed E-state index contributed by atoms with van der Waals surface area (Å²) in [4.78, 5) is 15.6. The molecule has 0 aliphatic heterocycles. The van der Waals surface area contributed by atoms with E-state index in [9.17, 15) is 0 Å². The number of benzene rings is 9. The zero-order valence-electron chi connectivity index (χ0n) is 30.0. The van der Waals surface area contributed by atoms with Gasteiger partial charge in [0.1, 0.15) is 0 Å². The predicted molar refractivity (Wildman–Crippen MR) is 236 cm³/mol. The van der Waals surface area contributed by atoms with E-state index in [1.807, 2.05) is 18.2 Å². The van der Waals surface area contributed by atoms with Gasteiger partial charge in [-0.05, 0) is 80.8 Å². The van der Waals surface area contributed by atoms with E-state index in [0.717, 1.165) is 27.8 Å². The van der Waals surface area contributed by atoms with Crippen LogP contribution < -0.4 is 0 Å². The van der Waals surface area contributed by atoms with Crippen molar-refractivity contribution >= 4 is 85.6 Å². The highest BCUT2D eigenvalue weighted by molar-refractivity contribution is 7.26. The minimum absolute atomic E-state index is 0.641. The lowest BCUT2D eigenvalue weighted by molar-refractivity contribution is 1.08. The van der Waals surface area contributed by atoms with Crippen LogP contribution in [0.5, 0.6) is 0 Å². The van der Waals surface area contributed by atoms with Gasteiger partial charge in [-0.1, -0.05) is 133 Å². The maximum atomic E-state index is 5.26. The SMILES string of the molecule is c1ccc(-c2nc(-c3ccc(-n4c5ccc6ccccc6c5c5c6ccccc6ccc54)cc3)nc(-c3cc4ccccc4c4c3sc3ccccc34)n2)cc1. The van der Waals surface area contributed by atoms with E-state index < -0.39 is 0 Å². The number of fused-ring (bicyclic) bond motifs is 12. The van der Waals surface area contributed by atoms with Crippen LogP contribution >= 0.6 is 11.3 Å². The average molecular weight is 731 g/mol. The van der Waals surface area contributed by atoms with Crippen LogP contribution in [0.3, 0.4) is 0 Å². The Hall–Kier alpha value is -7.21. The summed E-state index contributed by atoms with van der Waals surface area (Å²) in [6, 6.07) is 64.9. The lowest BCUT2D eigenvalue weighted by atomic mass is 10.00. The molecule has 12 aromatic rings. The van der Waals surface area contributed by atoms with E-state index in [0.29, 0.717) is 17.5 Å². The highest BCUT2D eigenvalue weighted by Crippen LogP contribution is 2.44. The molecule has 0 saturated carbocycles. The molecule has 4 nitrogen and oxygen atoms in total. The van der Waals surface area contributed by atoms with Crippen LogP contribution in [0, 0.1) is 0 Å². The van der Waals surface area contributed by atoms with E-state index in [2.05, 4.69) is 168 Å². The van der Waals surface area contributed by atoms with Gasteiger partial charge in [-0.15, -0.1) is 11.3 Å². The molecule has 0 spiro atoms. The minimum atomic E-state index is 0.641. The Labute approximate surface area is 325 Å². The van der Waals surface area contributed by atoms with Crippen molar-refractivity contribution in [2.75, 3.05) is 0 Å². The van der Waals surface area contributed by atoms with Crippen LogP contribution in [0.2, 0.25) is 0 Å². The number of hydrogen-bond acceptors (Lipinski definition) is 4. The molecule has 0 atom stereocenters.